The van der Waals surface area contributed by atoms with Crippen LogP contribution >= 0.6 is 23.5 Å². The third-order valence-corrected chi connectivity index (χ3v) is 16.5. The molecule has 1 atom stereocenters. The van der Waals surface area contributed by atoms with Gasteiger partial charge in [0.15, 0.2) is 0 Å². The van der Waals surface area contributed by atoms with Crippen LogP contribution in [0.4, 0.5) is 0 Å². The molecule has 64 heavy (non-hydrogen) atoms. The van der Waals surface area contributed by atoms with Crippen molar-refractivity contribution in [2.24, 2.45) is 5.41 Å². The molecule has 0 aliphatic carbocycles. The number of rotatable bonds is 46. The van der Waals surface area contributed by atoms with E-state index in [1.54, 1.807) is 0 Å². The van der Waals surface area contributed by atoms with Crippen LogP contribution in [-0.2, 0) is 20.7 Å². The van der Waals surface area contributed by atoms with Crippen LogP contribution in [0.15, 0.2) is 12.1 Å². The molecular formula is C57H104O5S2. The molecule has 0 aliphatic heterocycles. The number of carbonyl (C=O) groups excluding carboxylic acids is 1. The lowest BCUT2D eigenvalue weighted by Gasteiger charge is -2.34. The topological polar surface area (TPSA) is 72.8 Å². The highest BCUT2D eigenvalue weighted by Gasteiger charge is 2.33. The normalized spacial score (nSPS) is 12.4. The van der Waals surface area contributed by atoms with Gasteiger partial charge in [-0.25, -0.2) is 0 Å². The highest BCUT2D eigenvalue weighted by molar-refractivity contribution is 8.17. The van der Waals surface area contributed by atoms with Crippen LogP contribution in [0.2, 0.25) is 0 Å². The number of carboxylic acid groups (broad SMARTS) is 1. The van der Waals surface area contributed by atoms with Crippen LogP contribution in [0.25, 0.3) is 0 Å². The maximum absolute atomic E-state index is 12.9. The molecule has 0 saturated heterocycles. The van der Waals surface area contributed by atoms with Gasteiger partial charge in [0.25, 0.3) is 0 Å². The number of thioether (sulfide) groups is 2. The Morgan fingerprint density at radius 2 is 0.844 bits per heavy atom. The molecule has 0 spiro atoms. The Morgan fingerprint density at radius 1 is 0.516 bits per heavy atom. The van der Waals surface area contributed by atoms with Gasteiger partial charge in [0.2, 0.25) is 0 Å². The van der Waals surface area contributed by atoms with Crippen LogP contribution in [0.1, 0.15) is 289 Å². The number of esters is 1. The number of hydrogen-bond acceptors (Lipinski definition) is 6. The summed E-state index contributed by atoms with van der Waals surface area (Å²) in [4.78, 5) is 24.6. The molecular weight excluding hydrogens is 829 g/mol. The van der Waals surface area contributed by atoms with Gasteiger partial charge < -0.3 is 14.6 Å². The quantitative estimate of drug-likeness (QED) is 0.0397. The van der Waals surface area contributed by atoms with E-state index in [1.807, 2.05) is 0 Å². The predicted molar refractivity (Wildman–Crippen MR) is 284 cm³/mol. The van der Waals surface area contributed by atoms with Gasteiger partial charge >= 0.3 is 11.9 Å². The van der Waals surface area contributed by atoms with Crippen molar-refractivity contribution < 1.29 is 24.2 Å². The Morgan fingerprint density at radius 3 is 1.19 bits per heavy atom. The Bertz CT molecular complexity index is 1230. The van der Waals surface area contributed by atoms with Gasteiger partial charge in [0, 0.05) is 0 Å². The smallest absolute Gasteiger partial charge is 0.315 e. The Kier molecular flexibility index (Phi) is 38.6. The maximum Gasteiger partial charge on any atom is 0.315 e. The van der Waals surface area contributed by atoms with Crippen LogP contribution in [0.3, 0.4) is 0 Å². The van der Waals surface area contributed by atoms with Crippen molar-refractivity contribution in [2.45, 2.75) is 284 Å². The molecule has 1 aromatic carbocycles. The summed E-state index contributed by atoms with van der Waals surface area (Å²) < 4.78 is 12.2. The van der Waals surface area contributed by atoms with E-state index in [4.69, 9.17) is 9.47 Å². The molecule has 5 nitrogen and oxygen atoms in total. The largest absolute Gasteiger partial charge is 0.493 e. The molecule has 0 amide bonds. The van der Waals surface area contributed by atoms with Crippen molar-refractivity contribution in [1.82, 2.24) is 0 Å². The van der Waals surface area contributed by atoms with E-state index < -0.39 is 5.97 Å². The number of unbranched alkanes of at least 4 members (excludes halogenated alkanes) is 30. The Labute approximate surface area is 406 Å². The lowest BCUT2D eigenvalue weighted by Crippen LogP contribution is -2.29. The first-order chi connectivity index (χ1) is 30.9. The van der Waals surface area contributed by atoms with Crippen LogP contribution < -0.4 is 4.74 Å². The van der Waals surface area contributed by atoms with Gasteiger partial charge in [-0.1, -0.05) is 260 Å². The first kappa shape index (κ1) is 60.7. The summed E-state index contributed by atoms with van der Waals surface area (Å²) in [6.07, 6.45) is 43.7. The molecule has 7 heteroatoms. The summed E-state index contributed by atoms with van der Waals surface area (Å²) in [6.45, 7) is 19.2. The van der Waals surface area contributed by atoms with Gasteiger partial charge in [0.05, 0.1) is 29.3 Å². The van der Waals surface area contributed by atoms with Gasteiger partial charge in [-0.15, -0.1) is 23.5 Å². The third-order valence-electron chi connectivity index (χ3n) is 13.0. The molecule has 0 fully saturated rings. The van der Waals surface area contributed by atoms with E-state index in [9.17, 15) is 14.7 Å². The SMILES string of the molecule is CCCCCCCCCCCCCCCCCCOC(=O)CSC(SCC(=O)O)C(C)(C)Cc1cc(C(C)C)c(OCCCCCCCCCCCCCCCCCC)c(C(C)C)c1. The average molecular weight is 934 g/mol. The molecule has 1 rings (SSSR count). The minimum Gasteiger partial charge on any atom is -0.493 e. The zero-order chi connectivity index (χ0) is 47.1. The van der Waals surface area contributed by atoms with E-state index in [2.05, 4.69) is 67.5 Å². The maximum atomic E-state index is 12.9. The zero-order valence-electron chi connectivity index (χ0n) is 43.4. The van der Waals surface area contributed by atoms with Crippen molar-refractivity contribution in [2.75, 3.05) is 24.7 Å². The highest BCUT2D eigenvalue weighted by atomic mass is 32.2. The first-order valence-electron chi connectivity index (χ1n) is 27.3. The summed E-state index contributed by atoms with van der Waals surface area (Å²) in [5.74, 6) is 0.918. The van der Waals surface area contributed by atoms with Gasteiger partial charge in [-0.3, -0.25) is 9.59 Å². The minimum atomic E-state index is -0.826. The number of carbonyl (C=O) groups is 2. The van der Waals surface area contributed by atoms with E-state index in [0.29, 0.717) is 18.4 Å². The first-order valence-corrected chi connectivity index (χ1v) is 29.4. The molecule has 0 aliphatic rings. The van der Waals surface area contributed by atoms with E-state index in [-0.39, 0.29) is 27.5 Å². The lowest BCUT2D eigenvalue weighted by molar-refractivity contribution is -0.140. The minimum absolute atomic E-state index is 0.00988. The number of aliphatic carboxylic acids is 1. The lowest BCUT2D eigenvalue weighted by atomic mass is 9.83. The second-order valence-corrected chi connectivity index (χ2v) is 23.1. The summed E-state index contributed by atoms with van der Waals surface area (Å²) in [7, 11) is 0. The van der Waals surface area contributed by atoms with Crippen LogP contribution in [0.5, 0.6) is 5.75 Å². The molecule has 374 valence electrons. The second-order valence-electron chi connectivity index (χ2n) is 20.6. The van der Waals surface area contributed by atoms with Crippen LogP contribution in [-0.4, -0.2) is 46.3 Å². The third kappa shape index (κ3) is 32.4. The summed E-state index contributed by atoms with van der Waals surface area (Å²) in [6, 6.07) is 4.66. The van der Waals surface area contributed by atoms with E-state index in [0.717, 1.165) is 38.0 Å². The summed E-state index contributed by atoms with van der Waals surface area (Å²) in [5, 5.41) is 9.62. The van der Waals surface area contributed by atoms with Gasteiger partial charge in [-0.2, -0.15) is 0 Å². The van der Waals surface area contributed by atoms with Crippen molar-refractivity contribution in [3.63, 3.8) is 0 Å². The van der Waals surface area contributed by atoms with Crippen molar-refractivity contribution in [1.29, 1.82) is 0 Å². The molecule has 0 radical (unpaired) electrons. The molecule has 0 heterocycles. The molecule has 1 unspecified atom stereocenters. The molecule has 1 aromatic rings. The monoisotopic (exact) mass is 933 g/mol. The molecule has 0 bridgehead atoms. The van der Waals surface area contributed by atoms with Crippen molar-refractivity contribution in [3.05, 3.63) is 28.8 Å². The van der Waals surface area contributed by atoms with E-state index in [1.165, 1.54) is 226 Å². The standard InChI is InChI=1S/C57H104O5S2/c1-9-11-13-15-17-19-21-23-25-27-29-31-33-35-37-39-41-61-54(60)47-64-56(63-46-53(58)59)57(7,8)45-50-43-51(48(3)4)55(52(44-50)49(5)6)62-42-40-38-36-34-32-30-28-26-24-22-20-18-16-14-12-10-2/h43-44,48-49,56H,9-42,45-47H2,1-8H3,(H,58,59). The summed E-state index contributed by atoms with van der Waals surface area (Å²) >= 11 is 2.97. The van der Waals surface area contributed by atoms with Crippen molar-refractivity contribution in [3.8, 4) is 5.75 Å². The van der Waals surface area contributed by atoms with Gasteiger partial charge in [-0.05, 0) is 53.2 Å². The molecule has 0 aromatic heterocycles. The van der Waals surface area contributed by atoms with E-state index >= 15 is 0 Å². The van der Waals surface area contributed by atoms with Gasteiger partial charge in [0.1, 0.15) is 5.75 Å². The average Bonchev–Trinajstić information content (AvgIpc) is 3.25. The summed E-state index contributed by atoms with van der Waals surface area (Å²) in [5.41, 5.74) is 3.50. The molecule has 0 saturated carbocycles. The Hall–Kier alpha value is -1.34. The second kappa shape index (κ2) is 40.7. The van der Waals surface area contributed by atoms with Crippen molar-refractivity contribution >= 4 is 35.5 Å². The highest BCUT2D eigenvalue weighted by Crippen LogP contribution is 2.44. The Balaban J connectivity index is 2.51. The fourth-order valence-electron chi connectivity index (χ4n) is 8.97. The number of benzene rings is 1. The fourth-order valence-corrected chi connectivity index (χ4v) is 11.5. The fraction of sp³-hybridized carbons (Fsp3) is 0.860. The number of carboxylic acids is 1. The predicted octanol–water partition coefficient (Wildman–Crippen LogP) is 18.8. The zero-order valence-corrected chi connectivity index (χ0v) is 45.1. The number of ether oxygens (including phenoxy) is 2. The molecule has 1 N–H and O–H groups in total. The number of hydrogen-bond donors (Lipinski definition) is 1. The van der Waals surface area contributed by atoms with Crippen LogP contribution in [0, 0.1) is 5.41 Å².